The first-order valence-corrected chi connectivity index (χ1v) is 14.1. The van der Waals surface area contributed by atoms with Gasteiger partial charge in [-0.25, -0.2) is 27.5 Å². The van der Waals surface area contributed by atoms with Crippen molar-refractivity contribution in [3.05, 3.63) is 102 Å². The average molecular weight is 636 g/mol. The van der Waals surface area contributed by atoms with Gasteiger partial charge in [0.25, 0.3) is 5.91 Å². The second-order valence-corrected chi connectivity index (χ2v) is 12.1. The van der Waals surface area contributed by atoms with Gasteiger partial charge in [-0.15, -0.1) is 5.10 Å². The molecule has 240 valence electrons. The Balaban J connectivity index is 0.000000210. The number of tetrazole rings is 1. The molecule has 5 rings (SSSR count). The highest BCUT2D eigenvalue weighted by atomic mass is 19.2. The maximum absolute atomic E-state index is 14.1. The number of carbonyl (C=O) groups excluding carboxylic acids is 1. The lowest BCUT2D eigenvalue weighted by Gasteiger charge is -2.22. The van der Waals surface area contributed by atoms with Crippen LogP contribution in [0.4, 0.5) is 34.9 Å². The van der Waals surface area contributed by atoms with E-state index in [2.05, 4.69) is 41.4 Å². The molecular formula is C32H33F4N9O. The van der Waals surface area contributed by atoms with Crippen LogP contribution in [0.2, 0.25) is 0 Å². The van der Waals surface area contributed by atoms with Crippen LogP contribution in [0.1, 0.15) is 51.9 Å². The Hall–Kier alpha value is -5.40. The molecule has 0 saturated carbocycles. The number of hydrogen-bond donors (Lipinski definition) is 3. The predicted molar refractivity (Wildman–Crippen MR) is 168 cm³/mol. The summed E-state index contributed by atoms with van der Waals surface area (Å²) in [6.45, 7) is 11.7. The van der Waals surface area contributed by atoms with Crippen molar-refractivity contribution < 1.29 is 22.4 Å². The molecule has 3 N–H and O–H groups in total. The van der Waals surface area contributed by atoms with Crippen molar-refractivity contribution in [1.82, 2.24) is 30.2 Å². The van der Waals surface area contributed by atoms with E-state index < -0.39 is 29.2 Å². The third-order valence-corrected chi connectivity index (χ3v) is 5.92. The number of anilines is 3. The minimum atomic E-state index is -1.09. The van der Waals surface area contributed by atoms with E-state index in [9.17, 15) is 22.4 Å². The summed E-state index contributed by atoms with van der Waals surface area (Å²) < 4.78 is 55.6. The molecule has 1 amide bonds. The molecule has 46 heavy (non-hydrogen) atoms. The Morgan fingerprint density at radius 1 is 0.717 bits per heavy atom. The van der Waals surface area contributed by atoms with Crippen LogP contribution in [-0.2, 0) is 0 Å². The first kappa shape index (κ1) is 33.5. The Bertz CT molecular complexity index is 1830. The van der Waals surface area contributed by atoms with E-state index >= 15 is 0 Å². The van der Waals surface area contributed by atoms with Crippen molar-refractivity contribution in [3.8, 4) is 17.1 Å². The fraction of sp³-hybridized carbons (Fsp3) is 0.250. The Labute approximate surface area is 263 Å². The molecule has 0 spiro atoms. The van der Waals surface area contributed by atoms with E-state index in [0.29, 0.717) is 17.2 Å². The standard InChI is InChI=1S/C16H16F2N6.C16H17F2N3O/c1-16(2,3)20-14-10(6-5-9-19-14)15-21-22-23-24(15)12-8-4-7-11(17)13(12)18;1-16(2,3)21-14-10(6-5-9-19-14)15(22)20-12-8-4-7-11(17)13(12)18/h4-9H,1-3H3,(H,19,20);4-9H,1-3H3,(H,19,21)(H,20,22). The highest BCUT2D eigenvalue weighted by Crippen LogP contribution is 2.28. The molecule has 0 saturated heterocycles. The van der Waals surface area contributed by atoms with Gasteiger partial charge in [-0.2, -0.15) is 4.68 Å². The number of nitrogens with zero attached hydrogens (tertiary/aromatic N) is 6. The molecule has 0 radical (unpaired) electrons. The summed E-state index contributed by atoms with van der Waals surface area (Å²) in [7, 11) is 0. The van der Waals surface area contributed by atoms with Crippen molar-refractivity contribution in [3.63, 3.8) is 0 Å². The minimum Gasteiger partial charge on any atom is -0.365 e. The van der Waals surface area contributed by atoms with Crippen molar-refractivity contribution in [2.24, 2.45) is 0 Å². The van der Waals surface area contributed by atoms with Gasteiger partial charge in [0.05, 0.1) is 16.8 Å². The smallest absolute Gasteiger partial charge is 0.259 e. The van der Waals surface area contributed by atoms with Crippen LogP contribution in [0.25, 0.3) is 17.1 Å². The predicted octanol–water partition coefficient (Wildman–Crippen LogP) is 7.04. The highest BCUT2D eigenvalue weighted by molar-refractivity contribution is 6.07. The summed E-state index contributed by atoms with van der Waals surface area (Å²) >= 11 is 0. The van der Waals surface area contributed by atoms with Crippen LogP contribution < -0.4 is 16.0 Å². The molecule has 0 aliphatic carbocycles. The first-order chi connectivity index (χ1) is 21.6. The molecule has 0 aliphatic heterocycles. The summed E-state index contributed by atoms with van der Waals surface area (Å²) in [5.41, 5.74) is 0.0113. The molecular weight excluding hydrogens is 602 g/mol. The summed E-state index contributed by atoms with van der Waals surface area (Å²) in [5.74, 6) is -3.46. The number of rotatable bonds is 6. The van der Waals surface area contributed by atoms with Crippen LogP contribution in [0, 0.1) is 23.3 Å². The fourth-order valence-corrected chi connectivity index (χ4v) is 4.05. The largest absolute Gasteiger partial charge is 0.365 e. The van der Waals surface area contributed by atoms with Crippen LogP contribution in [0.15, 0.2) is 73.1 Å². The van der Waals surface area contributed by atoms with Gasteiger partial charge < -0.3 is 16.0 Å². The Morgan fingerprint density at radius 3 is 1.98 bits per heavy atom. The fourth-order valence-electron chi connectivity index (χ4n) is 4.05. The second kappa shape index (κ2) is 13.7. The lowest BCUT2D eigenvalue weighted by molar-refractivity contribution is 0.102. The van der Waals surface area contributed by atoms with E-state index in [1.54, 1.807) is 36.7 Å². The molecule has 0 bridgehead atoms. The van der Waals surface area contributed by atoms with Crippen LogP contribution in [0.3, 0.4) is 0 Å². The number of nitrogens with one attached hydrogen (secondary N) is 3. The Kier molecular flexibility index (Phi) is 9.98. The van der Waals surface area contributed by atoms with Gasteiger partial charge in [0, 0.05) is 23.5 Å². The molecule has 0 fully saturated rings. The lowest BCUT2D eigenvalue weighted by atomic mass is 10.1. The van der Waals surface area contributed by atoms with E-state index in [0.717, 1.165) is 16.8 Å². The number of hydrogen-bond acceptors (Lipinski definition) is 8. The van der Waals surface area contributed by atoms with Crippen molar-refractivity contribution in [2.45, 2.75) is 52.6 Å². The van der Waals surface area contributed by atoms with E-state index in [-0.39, 0.29) is 33.8 Å². The third-order valence-electron chi connectivity index (χ3n) is 5.92. The number of benzene rings is 2. The third kappa shape index (κ3) is 8.40. The summed E-state index contributed by atoms with van der Waals surface area (Å²) in [6, 6.07) is 14.1. The van der Waals surface area contributed by atoms with Crippen molar-refractivity contribution in [2.75, 3.05) is 16.0 Å². The van der Waals surface area contributed by atoms with Crippen LogP contribution in [0.5, 0.6) is 0 Å². The van der Waals surface area contributed by atoms with Gasteiger partial charge in [0.1, 0.15) is 17.3 Å². The monoisotopic (exact) mass is 635 g/mol. The quantitative estimate of drug-likeness (QED) is 0.170. The van der Waals surface area contributed by atoms with Gasteiger partial charge in [-0.3, -0.25) is 4.79 Å². The molecule has 14 heteroatoms. The molecule has 0 aliphatic rings. The van der Waals surface area contributed by atoms with Crippen molar-refractivity contribution in [1.29, 1.82) is 0 Å². The van der Waals surface area contributed by atoms with E-state index in [1.807, 2.05) is 41.5 Å². The maximum Gasteiger partial charge on any atom is 0.259 e. The molecule has 2 aromatic carbocycles. The van der Waals surface area contributed by atoms with E-state index in [4.69, 9.17) is 0 Å². The number of aromatic nitrogens is 6. The topological polar surface area (TPSA) is 123 Å². The van der Waals surface area contributed by atoms with Crippen molar-refractivity contribution >= 4 is 23.2 Å². The zero-order valence-corrected chi connectivity index (χ0v) is 26.0. The van der Waals surface area contributed by atoms with Gasteiger partial charge >= 0.3 is 0 Å². The number of pyridine rings is 2. The van der Waals surface area contributed by atoms with Gasteiger partial charge in [0.2, 0.25) is 0 Å². The van der Waals surface area contributed by atoms with Gasteiger partial charge in [-0.1, -0.05) is 12.1 Å². The number of halogens is 4. The molecule has 3 heterocycles. The molecule has 10 nitrogen and oxygen atoms in total. The normalized spacial score (nSPS) is 11.3. The molecule has 3 aromatic heterocycles. The van der Waals surface area contributed by atoms with Gasteiger partial charge in [0.15, 0.2) is 29.1 Å². The zero-order chi connectivity index (χ0) is 33.6. The number of carbonyl (C=O) groups is 1. The minimum absolute atomic E-state index is 0.0689. The second-order valence-electron chi connectivity index (χ2n) is 12.1. The number of amides is 1. The molecule has 0 atom stereocenters. The van der Waals surface area contributed by atoms with Gasteiger partial charge in [-0.05, 0) is 101 Å². The Morgan fingerprint density at radius 2 is 1.30 bits per heavy atom. The highest BCUT2D eigenvalue weighted by Gasteiger charge is 2.22. The average Bonchev–Trinajstić information content (AvgIpc) is 3.46. The maximum atomic E-state index is 14.1. The zero-order valence-electron chi connectivity index (χ0n) is 26.0. The SMILES string of the molecule is CC(C)(C)Nc1ncccc1-c1nnnn1-c1cccc(F)c1F.CC(C)(C)Nc1ncccc1C(=O)Nc1cccc(F)c1F. The summed E-state index contributed by atoms with van der Waals surface area (Å²) in [5, 5.41) is 20.1. The first-order valence-electron chi connectivity index (χ1n) is 14.1. The van der Waals surface area contributed by atoms with Crippen LogP contribution in [-0.4, -0.2) is 47.2 Å². The molecule has 0 unspecified atom stereocenters. The van der Waals surface area contributed by atoms with Crippen LogP contribution >= 0.6 is 0 Å². The summed E-state index contributed by atoms with van der Waals surface area (Å²) in [6.07, 6.45) is 3.18. The summed E-state index contributed by atoms with van der Waals surface area (Å²) in [4.78, 5) is 20.7. The lowest BCUT2D eigenvalue weighted by Crippen LogP contribution is -2.28. The van der Waals surface area contributed by atoms with E-state index in [1.165, 1.54) is 24.3 Å². The molecule has 5 aromatic rings.